The van der Waals surface area contributed by atoms with Crippen LogP contribution >= 0.6 is 11.3 Å². The van der Waals surface area contributed by atoms with Gasteiger partial charge in [-0.3, -0.25) is 9.36 Å². The summed E-state index contributed by atoms with van der Waals surface area (Å²) in [7, 11) is 0. The molecule has 120 valence electrons. The minimum atomic E-state index is 0.0522. The van der Waals surface area contributed by atoms with Crippen molar-refractivity contribution >= 4 is 21.6 Å². The second-order valence-corrected chi connectivity index (χ2v) is 7.60. The van der Waals surface area contributed by atoms with Crippen LogP contribution in [0.3, 0.4) is 0 Å². The van der Waals surface area contributed by atoms with Gasteiger partial charge in [0.25, 0.3) is 5.56 Å². The lowest BCUT2D eigenvalue weighted by atomic mass is 9.89. The molecule has 0 bridgehead atoms. The Morgan fingerprint density at radius 2 is 2.17 bits per heavy atom. The molecule has 0 amide bonds. The fraction of sp³-hybridized carbons (Fsp3) is 0.316. The van der Waals surface area contributed by atoms with Crippen LogP contribution in [0.1, 0.15) is 34.9 Å². The highest BCUT2D eigenvalue weighted by Crippen LogP contribution is 2.35. The van der Waals surface area contributed by atoms with Crippen LogP contribution in [0.25, 0.3) is 10.2 Å². The smallest absolute Gasteiger partial charge is 0.262 e. The van der Waals surface area contributed by atoms with Gasteiger partial charge in [0.05, 0.1) is 29.9 Å². The lowest BCUT2D eigenvalue weighted by molar-refractivity contribution is 0.509. The van der Waals surface area contributed by atoms with E-state index in [2.05, 4.69) is 18.0 Å². The number of benzene rings is 1. The van der Waals surface area contributed by atoms with Crippen LogP contribution in [-0.2, 0) is 19.4 Å². The van der Waals surface area contributed by atoms with E-state index >= 15 is 0 Å². The number of aryl methyl sites for hydroxylation is 1. The molecule has 3 aromatic rings. The first kappa shape index (κ1) is 15.1. The molecule has 0 unspecified atom stereocenters. The van der Waals surface area contributed by atoms with Crippen molar-refractivity contribution in [2.24, 2.45) is 5.92 Å². The van der Waals surface area contributed by atoms with Crippen LogP contribution in [-0.4, -0.2) is 9.55 Å². The summed E-state index contributed by atoms with van der Waals surface area (Å²) in [6, 6.07) is 9.44. The molecule has 4 rings (SSSR count). The second-order valence-electron chi connectivity index (χ2n) is 6.52. The van der Waals surface area contributed by atoms with Crippen molar-refractivity contribution in [2.75, 3.05) is 0 Å². The zero-order valence-corrected chi connectivity index (χ0v) is 14.3. The van der Waals surface area contributed by atoms with Crippen LogP contribution in [0.4, 0.5) is 0 Å². The normalized spacial score (nSPS) is 16.8. The van der Waals surface area contributed by atoms with E-state index in [4.69, 9.17) is 5.26 Å². The summed E-state index contributed by atoms with van der Waals surface area (Å²) in [5, 5.41) is 9.69. The average molecular weight is 335 g/mol. The van der Waals surface area contributed by atoms with E-state index in [1.807, 2.05) is 12.1 Å². The number of aromatic nitrogens is 2. The maximum Gasteiger partial charge on any atom is 0.262 e. The SMILES string of the molecule is C[C@H]1CCc2c(sc3ncn(Cc4ccc(C#N)cc4)c(=O)c23)C1. The standard InChI is InChI=1S/C19H17N3OS/c1-12-2-7-15-16(8-12)24-18-17(15)19(23)22(11-21-18)10-14-5-3-13(9-20)4-6-14/h3-6,11-12H,2,7-8,10H2,1H3/t12-/m0/s1. The molecule has 0 fully saturated rings. The zero-order valence-electron chi connectivity index (χ0n) is 13.5. The molecule has 0 N–H and O–H groups in total. The fourth-order valence-corrected chi connectivity index (χ4v) is 4.70. The van der Waals surface area contributed by atoms with Crippen LogP contribution in [0.5, 0.6) is 0 Å². The van der Waals surface area contributed by atoms with Crippen molar-refractivity contribution in [3.63, 3.8) is 0 Å². The summed E-state index contributed by atoms with van der Waals surface area (Å²) >= 11 is 1.68. The molecule has 1 aliphatic carbocycles. The zero-order chi connectivity index (χ0) is 16.7. The van der Waals surface area contributed by atoms with Gasteiger partial charge in [-0.2, -0.15) is 5.26 Å². The number of hydrogen-bond donors (Lipinski definition) is 0. The first-order valence-electron chi connectivity index (χ1n) is 8.14. The van der Waals surface area contributed by atoms with Crippen molar-refractivity contribution in [1.82, 2.24) is 9.55 Å². The van der Waals surface area contributed by atoms with Gasteiger partial charge in [0.1, 0.15) is 4.83 Å². The number of thiophene rings is 1. The van der Waals surface area contributed by atoms with Crippen molar-refractivity contribution < 1.29 is 0 Å². The van der Waals surface area contributed by atoms with Gasteiger partial charge in [-0.05, 0) is 48.4 Å². The van der Waals surface area contributed by atoms with Crippen LogP contribution < -0.4 is 5.56 Å². The Hall–Kier alpha value is -2.45. The summed E-state index contributed by atoms with van der Waals surface area (Å²) in [4.78, 5) is 19.7. The van der Waals surface area contributed by atoms with E-state index in [1.54, 1.807) is 34.4 Å². The number of nitriles is 1. The molecule has 0 spiro atoms. The summed E-state index contributed by atoms with van der Waals surface area (Å²) < 4.78 is 1.68. The minimum Gasteiger partial charge on any atom is -0.294 e. The Kier molecular flexibility index (Phi) is 3.70. The molecule has 1 aromatic carbocycles. The second kappa shape index (κ2) is 5.88. The molecular weight excluding hydrogens is 318 g/mol. The molecule has 0 radical (unpaired) electrons. The van der Waals surface area contributed by atoms with Crippen molar-refractivity contribution in [2.45, 2.75) is 32.7 Å². The Morgan fingerprint density at radius 1 is 1.38 bits per heavy atom. The molecule has 5 heteroatoms. The molecule has 1 atom stereocenters. The van der Waals surface area contributed by atoms with E-state index in [9.17, 15) is 4.79 Å². The number of rotatable bonds is 2. The monoisotopic (exact) mass is 335 g/mol. The van der Waals surface area contributed by atoms with E-state index in [0.717, 1.165) is 35.0 Å². The first-order chi connectivity index (χ1) is 11.7. The molecule has 24 heavy (non-hydrogen) atoms. The minimum absolute atomic E-state index is 0.0522. The quantitative estimate of drug-likeness (QED) is 0.720. The van der Waals surface area contributed by atoms with Crippen LogP contribution in [0, 0.1) is 17.2 Å². The van der Waals surface area contributed by atoms with Gasteiger partial charge in [0.2, 0.25) is 0 Å². The van der Waals surface area contributed by atoms with Crippen molar-refractivity contribution in [3.05, 3.63) is 62.5 Å². The van der Waals surface area contributed by atoms with Gasteiger partial charge in [-0.25, -0.2) is 4.98 Å². The highest BCUT2D eigenvalue weighted by Gasteiger charge is 2.23. The van der Waals surface area contributed by atoms with E-state index in [1.165, 1.54) is 10.4 Å². The third kappa shape index (κ3) is 2.53. The summed E-state index contributed by atoms with van der Waals surface area (Å²) in [5.74, 6) is 0.687. The molecule has 4 nitrogen and oxygen atoms in total. The highest BCUT2D eigenvalue weighted by molar-refractivity contribution is 7.18. The predicted molar refractivity (Wildman–Crippen MR) is 95.3 cm³/mol. The first-order valence-corrected chi connectivity index (χ1v) is 8.96. The van der Waals surface area contributed by atoms with Crippen LogP contribution in [0.15, 0.2) is 35.4 Å². The van der Waals surface area contributed by atoms with Crippen LogP contribution in [0.2, 0.25) is 0 Å². The average Bonchev–Trinajstić information content (AvgIpc) is 2.96. The summed E-state index contributed by atoms with van der Waals surface area (Å²) in [6.45, 7) is 2.75. The topological polar surface area (TPSA) is 58.7 Å². The van der Waals surface area contributed by atoms with Gasteiger partial charge in [-0.1, -0.05) is 19.1 Å². The Labute approximate surface area is 144 Å². The van der Waals surface area contributed by atoms with E-state index in [-0.39, 0.29) is 5.56 Å². The largest absolute Gasteiger partial charge is 0.294 e. The maximum atomic E-state index is 12.9. The fourth-order valence-electron chi connectivity index (χ4n) is 3.36. The molecule has 2 heterocycles. The predicted octanol–water partition coefficient (Wildman–Crippen LogP) is 3.50. The van der Waals surface area contributed by atoms with Gasteiger partial charge in [0.15, 0.2) is 0 Å². The maximum absolute atomic E-state index is 12.9. The highest BCUT2D eigenvalue weighted by atomic mass is 32.1. The van der Waals surface area contributed by atoms with Gasteiger partial charge in [0, 0.05) is 4.88 Å². The molecule has 0 saturated heterocycles. The molecule has 0 saturated carbocycles. The third-order valence-electron chi connectivity index (χ3n) is 4.72. The lowest BCUT2D eigenvalue weighted by Crippen LogP contribution is -2.22. The van der Waals surface area contributed by atoms with Gasteiger partial charge in [-0.15, -0.1) is 11.3 Å². The van der Waals surface area contributed by atoms with E-state index in [0.29, 0.717) is 18.0 Å². The van der Waals surface area contributed by atoms with Crippen molar-refractivity contribution in [3.8, 4) is 6.07 Å². The molecule has 0 aliphatic heterocycles. The molecule has 2 aromatic heterocycles. The summed E-state index contributed by atoms with van der Waals surface area (Å²) in [6.07, 6.45) is 4.83. The molecule has 1 aliphatic rings. The number of hydrogen-bond acceptors (Lipinski definition) is 4. The van der Waals surface area contributed by atoms with Gasteiger partial charge >= 0.3 is 0 Å². The lowest BCUT2D eigenvalue weighted by Gasteiger charge is -2.17. The third-order valence-corrected chi connectivity index (χ3v) is 5.88. The van der Waals surface area contributed by atoms with E-state index < -0.39 is 0 Å². The number of fused-ring (bicyclic) bond motifs is 3. The molecular formula is C19H17N3OS. The summed E-state index contributed by atoms with van der Waals surface area (Å²) in [5.41, 5.74) is 2.90. The van der Waals surface area contributed by atoms with Gasteiger partial charge < -0.3 is 0 Å². The van der Waals surface area contributed by atoms with Crippen molar-refractivity contribution in [1.29, 1.82) is 5.26 Å². The Morgan fingerprint density at radius 3 is 2.92 bits per heavy atom. The Bertz CT molecular complexity index is 1010. The number of nitrogens with zero attached hydrogens (tertiary/aromatic N) is 3. The Balaban J connectivity index is 1.75.